The molecule has 0 radical (unpaired) electrons. The summed E-state index contributed by atoms with van der Waals surface area (Å²) in [6.45, 7) is 3.89. The van der Waals surface area contributed by atoms with E-state index in [9.17, 15) is 23.1 Å². The quantitative estimate of drug-likeness (QED) is 0.243. The second-order valence-corrected chi connectivity index (χ2v) is 11.6. The number of aliphatic hydroxyl groups is 1. The number of rotatable bonds is 2. The number of aliphatic hydroxyl groups excluding tert-OH is 1. The Morgan fingerprint density at radius 3 is 2.36 bits per heavy atom. The van der Waals surface area contributed by atoms with Crippen molar-refractivity contribution < 1.29 is 23.1 Å². The average Bonchev–Trinajstić information content (AvgIpc) is 3.41. The summed E-state index contributed by atoms with van der Waals surface area (Å²) in [5, 5.41) is 13.0. The van der Waals surface area contributed by atoms with E-state index in [-0.39, 0.29) is 11.0 Å². The van der Waals surface area contributed by atoms with E-state index in [0.717, 1.165) is 36.9 Å². The molecule has 1 N–H and O–H groups in total. The maximum absolute atomic E-state index is 13.6. The first kappa shape index (κ1) is 24.0. The number of nitrogens with zero attached hydrogens (tertiary/aromatic N) is 1. The number of fused-ring (bicyclic) bond motifs is 8. The molecule has 3 nitrogen and oxygen atoms in total. The van der Waals surface area contributed by atoms with E-state index >= 15 is 0 Å². The lowest BCUT2D eigenvalue weighted by atomic mass is 9.82. The molecule has 0 atom stereocenters. The van der Waals surface area contributed by atoms with Crippen LogP contribution in [0.15, 0.2) is 84.4 Å². The van der Waals surface area contributed by atoms with Gasteiger partial charge in [0.25, 0.3) is 5.78 Å². The SMILES string of the molecule is CC1(C)c2ccccc2-c2ccc(N3CC(C(=O)C(F)(F)F)=C(O)c4ccc5c(sc6ccccc65)c43)cc21. The Balaban J connectivity index is 1.49. The Bertz CT molecular complexity index is 1900. The minimum absolute atomic E-state index is 0.218. The monoisotopic (exact) mass is 541 g/mol. The van der Waals surface area contributed by atoms with Crippen molar-refractivity contribution in [2.24, 2.45) is 0 Å². The molecule has 0 unspecified atom stereocenters. The Hall–Kier alpha value is -4.10. The second kappa shape index (κ2) is 7.96. The van der Waals surface area contributed by atoms with Crippen LogP contribution in [0.3, 0.4) is 0 Å². The molecule has 194 valence electrons. The molecule has 0 spiro atoms. The fourth-order valence-electron chi connectivity index (χ4n) is 6.14. The largest absolute Gasteiger partial charge is 0.507 e. The maximum Gasteiger partial charge on any atom is 0.454 e. The molecular weight excluding hydrogens is 519 g/mol. The highest BCUT2D eigenvalue weighted by Crippen LogP contribution is 2.52. The van der Waals surface area contributed by atoms with Crippen LogP contribution < -0.4 is 4.90 Å². The van der Waals surface area contributed by atoms with Crippen LogP contribution in [0.5, 0.6) is 0 Å². The van der Waals surface area contributed by atoms with Gasteiger partial charge in [0.15, 0.2) is 0 Å². The third-order valence-electron chi connectivity index (χ3n) is 8.06. The summed E-state index contributed by atoms with van der Waals surface area (Å²) in [6.07, 6.45) is -5.10. The van der Waals surface area contributed by atoms with Gasteiger partial charge in [0.1, 0.15) is 5.76 Å². The zero-order chi connectivity index (χ0) is 27.3. The molecule has 2 aliphatic rings. The molecule has 0 bridgehead atoms. The Morgan fingerprint density at radius 1 is 0.872 bits per heavy atom. The molecule has 1 aliphatic carbocycles. The number of carbonyl (C=O) groups excluding carboxylic acids is 1. The van der Waals surface area contributed by atoms with E-state index in [1.165, 1.54) is 16.9 Å². The lowest BCUT2D eigenvalue weighted by Crippen LogP contribution is -2.35. The van der Waals surface area contributed by atoms with E-state index in [1.54, 1.807) is 11.0 Å². The molecule has 0 fully saturated rings. The lowest BCUT2D eigenvalue weighted by Gasteiger charge is -2.34. The number of anilines is 2. The van der Waals surface area contributed by atoms with Gasteiger partial charge in [-0.25, -0.2) is 0 Å². The summed E-state index contributed by atoms with van der Waals surface area (Å²) in [7, 11) is 0. The minimum Gasteiger partial charge on any atom is -0.507 e. The molecule has 39 heavy (non-hydrogen) atoms. The molecule has 5 aromatic rings. The molecule has 0 amide bonds. The summed E-state index contributed by atoms with van der Waals surface area (Å²) in [4.78, 5) is 14.2. The van der Waals surface area contributed by atoms with Crippen molar-refractivity contribution in [1.29, 1.82) is 0 Å². The van der Waals surface area contributed by atoms with Crippen LogP contribution in [0, 0.1) is 0 Å². The zero-order valence-electron chi connectivity index (χ0n) is 21.1. The molecule has 1 aliphatic heterocycles. The number of halogens is 3. The van der Waals surface area contributed by atoms with Crippen LogP contribution in [0.2, 0.25) is 0 Å². The van der Waals surface area contributed by atoms with Crippen molar-refractivity contribution in [3.8, 4) is 11.1 Å². The van der Waals surface area contributed by atoms with Crippen LogP contribution in [0.25, 0.3) is 37.1 Å². The van der Waals surface area contributed by atoms with Gasteiger partial charge in [0.05, 0.1) is 22.5 Å². The van der Waals surface area contributed by atoms with Crippen LogP contribution in [0.1, 0.15) is 30.5 Å². The predicted molar refractivity (Wildman–Crippen MR) is 151 cm³/mol. The molecule has 0 saturated heterocycles. The number of hydrogen-bond donors (Lipinski definition) is 1. The van der Waals surface area contributed by atoms with Gasteiger partial charge in [0, 0.05) is 32.1 Å². The standard InChI is InChI=1S/C32H22F3NO2S/c1-31(2)24-9-5-3-7-18(24)19-12-11-17(15-25(19)31)36-16-23(30(38)32(33,34)35)28(37)22-14-13-21-20-8-4-6-10-26(20)39-29(21)27(22)36/h3-15,37H,16H2,1-2H3. The summed E-state index contributed by atoms with van der Waals surface area (Å²) in [5.74, 6) is -2.64. The van der Waals surface area contributed by atoms with Gasteiger partial charge < -0.3 is 10.0 Å². The number of hydrogen-bond acceptors (Lipinski definition) is 4. The normalized spacial score (nSPS) is 16.0. The van der Waals surface area contributed by atoms with Gasteiger partial charge in [-0.15, -0.1) is 11.3 Å². The molecule has 4 aromatic carbocycles. The van der Waals surface area contributed by atoms with E-state index < -0.39 is 29.8 Å². The molecular formula is C32H22F3NO2S. The van der Waals surface area contributed by atoms with Gasteiger partial charge in [-0.05, 0) is 46.5 Å². The molecule has 1 aromatic heterocycles. The van der Waals surface area contributed by atoms with Gasteiger partial charge in [-0.3, -0.25) is 4.79 Å². The topological polar surface area (TPSA) is 40.5 Å². The molecule has 2 heterocycles. The number of thiophene rings is 1. The first-order valence-electron chi connectivity index (χ1n) is 12.6. The average molecular weight is 542 g/mol. The predicted octanol–water partition coefficient (Wildman–Crippen LogP) is 8.91. The molecule has 7 rings (SSSR count). The highest BCUT2D eigenvalue weighted by molar-refractivity contribution is 7.26. The third-order valence-corrected chi connectivity index (χ3v) is 9.25. The number of Topliss-reactive ketones (excluding diaryl/α,β-unsaturated/α-hetero) is 1. The van der Waals surface area contributed by atoms with Crippen LogP contribution in [-0.4, -0.2) is 23.6 Å². The highest BCUT2D eigenvalue weighted by Gasteiger charge is 2.45. The van der Waals surface area contributed by atoms with Gasteiger partial charge in [0.2, 0.25) is 0 Å². The van der Waals surface area contributed by atoms with Gasteiger partial charge >= 0.3 is 6.18 Å². The smallest absolute Gasteiger partial charge is 0.454 e. The maximum atomic E-state index is 13.6. The van der Waals surface area contributed by atoms with E-state index in [1.807, 2.05) is 60.7 Å². The summed E-state index contributed by atoms with van der Waals surface area (Å²) >= 11 is 1.52. The summed E-state index contributed by atoms with van der Waals surface area (Å²) < 4.78 is 42.8. The fourth-order valence-corrected chi connectivity index (χ4v) is 7.40. The number of benzene rings is 4. The van der Waals surface area contributed by atoms with Crippen molar-refractivity contribution in [3.05, 3.63) is 101 Å². The summed E-state index contributed by atoms with van der Waals surface area (Å²) in [5.41, 5.74) is 5.00. The molecule has 0 saturated carbocycles. The number of carbonyl (C=O) groups is 1. The van der Waals surface area contributed by atoms with Crippen molar-refractivity contribution in [1.82, 2.24) is 0 Å². The van der Waals surface area contributed by atoms with Crippen LogP contribution in [-0.2, 0) is 10.2 Å². The van der Waals surface area contributed by atoms with Crippen molar-refractivity contribution in [2.75, 3.05) is 11.4 Å². The first-order chi connectivity index (χ1) is 18.6. The second-order valence-electron chi connectivity index (χ2n) is 10.6. The Morgan fingerprint density at radius 2 is 1.56 bits per heavy atom. The zero-order valence-corrected chi connectivity index (χ0v) is 21.9. The summed E-state index contributed by atoms with van der Waals surface area (Å²) in [6, 6.07) is 25.5. The van der Waals surface area contributed by atoms with Crippen molar-refractivity contribution in [2.45, 2.75) is 25.4 Å². The van der Waals surface area contributed by atoms with Crippen LogP contribution >= 0.6 is 11.3 Å². The molecule has 7 heteroatoms. The lowest BCUT2D eigenvalue weighted by molar-refractivity contribution is -0.166. The fraction of sp³-hybridized carbons (Fsp3) is 0.156. The third kappa shape index (κ3) is 3.32. The van der Waals surface area contributed by atoms with Gasteiger partial charge in [-0.2, -0.15) is 13.2 Å². The van der Waals surface area contributed by atoms with E-state index in [2.05, 4.69) is 26.0 Å². The Labute approximate surface area is 226 Å². The number of ketones is 1. The Kier molecular flexibility index (Phi) is 4.89. The van der Waals surface area contributed by atoms with Crippen LogP contribution in [0.4, 0.5) is 24.5 Å². The number of alkyl halides is 3. The van der Waals surface area contributed by atoms with Gasteiger partial charge in [-0.1, -0.05) is 68.4 Å². The minimum atomic E-state index is -5.10. The first-order valence-corrected chi connectivity index (χ1v) is 13.4. The van der Waals surface area contributed by atoms with Crippen molar-refractivity contribution in [3.63, 3.8) is 0 Å². The highest BCUT2D eigenvalue weighted by atomic mass is 32.1. The van der Waals surface area contributed by atoms with E-state index in [4.69, 9.17) is 0 Å². The van der Waals surface area contributed by atoms with E-state index in [0.29, 0.717) is 11.4 Å². The van der Waals surface area contributed by atoms with Crippen molar-refractivity contribution >= 4 is 54.4 Å².